The van der Waals surface area contributed by atoms with Crippen LogP contribution in [-0.2, 0) is 19.9 Å². The van der Waals surface area contributed by atoms with Gasteiger partial charge in [-0.05, 0) is 18.1 Å². The molecule has 3 heterocycles. The minimum Gasteiger partial charge on any atom is -0.357 e. The van der Waals surface area contributed by atoms with E-state index in [0.717, 1.165) is 41.1 Å². The van der Waals surface area contributed by atoms with Gasteiger partial charge in [0.05, 0.1) is 17.0 Å². The Labute approximate surface area is 123 Å². The monoisotopic (exact) mass is 285 g/mol. The van der Waals surface area contributed by atoms with Crippen molar-refractivity contribution in [3.8, 4) is 11.4 Å². The second-order valence-electron chi connectivity index (χ2n) is 5.13. The second-order valence-corrected chi connectivity index (χ2v) is 5.13. The summed E-state index contributed by atoms with van der Waals surface area (Å²) >= 11 is 0. The summed E-state index contributed by atoms with van der Waals surface area (Å²) in [6.07, 6.45) is 3.55. The van der Waals surface area contributed by atoms with Gasteiger partial charge in [0.25, 0.3) is 5.91 Å². The van der Waals surface area contributed by atoms with Gasteiger partial charge >= 0.3 is 0 Å². The summed E-state index contributed by atoms with van der Waals surface area (Å²) in [5, 5.41) is 5.85. The second kappa shape index (κ2) is 5.20. The highest BCUT2D eigenvalue weighted by atomic mass is 16.1. The van der Waals surface area contributed by atoms with Crippen molar-refractivity contribution in [1.29, 1.82) is 0 Å². The molecule has 0 bridgehead atoms. The molecule has 2 aromatic rings. The van der Waals surface area contributed by atoms with E-state index >= 15 is 0 Å². The molecule has 1 aliphatic heterocycles. The van der Waals surface area contributed by atoms with E-state index < -0.39 is 0 Å². The van der Waals surface area contributed by atoms with Crippen LogP contribution in [0.5, 0.6) is 0 Å². The van der Waals surface area contributed by atoms with Crippen molar-refractivity contribution < 1.29 is 4.79 Å². The molecule has 6 nitrogen and oxygen atoms in total. The van der Waals surface area contributed by atoms with Crippen LogP contribution in [0.3, 0.4) is 0 Å². The average Bonchev–Trinajstić information content (AvgIpc) is 2.85. The molecular formula is C15H19N5O. The third-order valence-corrected chi connectivity index (χ3v) is 3.96. The van der Waals surface area contributed by atoms with Gasteiger partial charge in [-0.2, -0.15) is 0 Å². The molecule has 0 saturated heterocycles. The van der Waals surface area contributed by atoms with Crippen LogP contribution in [0.15, 0.2) is 12.3 Å². The fourth-order valence-electron chi connectivity index (χ4n) is 2.77. The van der Waals surface area contributed by atoms with Crippen LogP contribution >= 0.6 is 0 Å². The molecule has 6 heteroatoms. The number of fused-ring (bicyclic) bond motifs is 1. The zero-order chi connectivity index (χ0) is 15.0. The molecule has 21 heavy (non-hydrogen) atoms. The Morgan fingerprint density at radius 2 is 2.29 bits per heavy atom. The first-order valence-electron chi connectivity index (χ1n) is 7.16. The van der Waals surface area contributed by atoms with Crippen LogP contribution in [0.2, 0.25) is 0 Å². The molecule has 0 saturated carbocycles. The van der Waals surface area contributed by atoms with Crippen LogP contribution in [0.4, 0.5) is 5.95 Å². The van der Waals surface area contributed by atoms with Gasteiger partial charge in [-0.15, -0.1) is 0 Å². The Morgan fingerprint density at radius 1 is 1.48 bits per heavy atom. The molecule has 0 aromatic carbocycles. The molecule has 0 aliphatic carbocycles. The number of nitrogens with one attached hydrogen (secondary N) is 2. The number of nitrogens with zero attached hydrogens (tertiary/aromatic N) is 3. The predicted octanol–water partition coefficient (Wildman–Crippen LogP) is 1.37. The maximum atomic E-state index is 12.0. The van der Waals surface area contributed by atoms with Gasteiger partial charge < -0.3 is 15.2 Å². The summed E-state index contributed by atoms with van der Waals surface area (Å²) in [5.74, 6) is 0.588. The van der Waals surface area contributed by atoms with Crippen molar-refractivity contribution in [2.45, 2.75) is 19.8 Å². The molecule has 0 atom stereocenters. The molecule has 1 amide bonds. The number of aryl methyl sites for hydroxylation is 1. The summed E-state index contributed by atoms with van der Waals surface area (Å²) in [7, 11) is 3.79. The molecule has 0 radical (unpaired) electrons. The molecule has 3 rings (SSSR count). The zero-order valence-corrected chi connectivity index (χ0v) is 12.5. The number of rotatable bonds is 3. The van der Waals surface area contributed by atoms with E-state index in [4.69, 9.17) is 0 Å². The number of aromatic nitrogens is 3. The van der Waals surface area contributed by atoms with Crippen molar-refractivity contribution in [3.63, 3.8) is 0 Å². The van der Waals surface area contributed by atoms with Crippen molar-refractivity contribution in [2.75, 3.05) is 18.9 Å². The normalized spacial score (nSPS) is 13.8. The lowest BCUT2D eigenvalue weighted by Gasteiger charge is -2.15. The van der Waals surface area contributed by atoms with Crippen LogP contribution in [0, 0.1) is 0 Å². The Kier molecular flexibility index (Phi) is 3.37. The van der Waals surface area contributed by atoms with Crippen molar-refractivity contribution >= 4 is 11.9 Å². The van der Waals surface area contributed by atoms with Gasteiger partial charge in [0.2, 0.25) is 5.95 Å². The molecule has 2 N–H and O–H groups in total. The zero-order valence-electron chi connectivity index (χ0n) is 12.5. The van der Waals surface area contributed by atoms with E-state index in [1.54, 1.807) is 7.05 Å². The molecule has 2 aromatic heterocycles. The van der Waals surface area contributed by atoms with E-state index in [1.807, 2.05) is 19.3 Å². The van der Waals surface area contributed by atoms with Crippen molar-refractivity contribution in [3.05, 3.63) is 29.1 Å². The lowest BCUT2D eigenvalue weighted by Crippen LogP contribution is -2.31. The lowest BCUT2D eigenvalue weighted by atomic mass is 10.1. The molecule has 110 valence electrons. The Balaban J connectivity index is 2.19. The van der Waals surface area contributed by atoms with E-state index in [-0.39, 0.29) is 5.91 Å². The summed E-state index contributed by atoms with van der Waals surface area (Å²) < 4.78 is 2.08. The topological polar surface area (TPSA) is 71.8 Å². The summed E-state index contributed by atoms with van der Waals surface area (Å²) in [4.78, 5) is 20.8. The Bertz CT molecular complexity index is 704. The summed E-state index contributed by atoms with van der Waals surface area (Å²) in [6, 6.07) is 1.94. The third-order valence-electron chi connectivity index (χ3n) is 3.96. The maximum Gasteiger partial charge on any atom is 0.253 e. The SMILES string of the molecule is CCc1cnc(NC)nc1-c1cc2c(n1C)CCNC2=O. The minimum absolute atomic E-state index is 0.000885. The molecule has 0 unspecified atom stereocenters. The quantitative estimate of drug-likeness (QED) is 0.893. The molecular weight excluding hydrogens is 266 g/mol. The fraction of sp³-hybridized carbons (Fsp3) is 0.400. The number of carbonyl (C=O) groups excluding carboxylic acids is 1. The van der Waals surface area contributed by atoms with Crippen LogP contribution in [0.25, 0.3) is 11.4 Å². The molecule has 1 aliphatic rings. The summed E-state index contributed by atoms with van der Waals surface area (Å²) in [5.41, 5.74) is 4.76. The molecule has 0 spiro atoms. The van der Waals surface area contributed by atoms with Gasteiger partial charge in [0.15, 0.2) is 0 Å². The smallest absolute Gasteiger partial charge is 0.253 e. The van der Waals surface area contributed by atoms with Crippen LogP contribution in [0.1, 0.15) is 28.5 Å². The largest absolute Gasteiger partial charge is 0.357 e. The van der Waals surface area contributed by atoms with E-state index in [0.29, 0.717) is 12.5 Å². The van der Waals surface area contributed by atoms with Crippen molar-refractivity contribution in [1.82, 2.24) is 19.9 Å². The highest BCUT2D eigenvalue weighted by Crippen LogP contribution is 2.28. The fourth-order valence-corrected chi connectivity index (χ4v) is 2.77. The standard InChI is InChI=1S/C15H19N5O/c1-4-9-8-18-15(16-2)19-13(9)12-7-10-11(20(12)3)5-6-17-14(10)21/h7-8H,4-6H2,1-3H3,(H,17,21)(H,16,18,19). The first kappa shape index (κ1) is 13.6. The van der Waals surface area contributed by atoms with Gasteiger partial charge in [-0.25, -0.2) is 9.97 Å². The first-order valence-corrected chi connectivity index (χ1v) is 7.16. The number of hydrogen-bond acceptors (Lipinski definition) is 4. The van der Waals surface area contributed by atoms with Crippen LogP contribution < -0.4 is 10.6 Å². The highest BCUT2D eigenvalue weighted by Gasteiger charge is 2.24. The number of anilines is 1. The number of carbonyl (C=O) groups is 1. The van der Waals surface area contributed by atoms with E-state index in [9.17, 15) is 4.79 Å². The van der Waals surface area contributed by atoms with E-state index in [2.05, 4.69) is 32.1 Å². The Morgan fingerprint density at radius 3 is 2.95 bits per heavy atom. The third kappa shape index (κ3) is 2.16. The maximum absolute atomic E-state index is 12.0. The highest BCUT2D eigenvalue weighted by molar-refractivity contribution is 5.98. The van der Waals surface area contributed by atoms with Gasteiger partial charge in [0, 0.05) is 39.0 Å². The van der Waals surface area contributed by atoms with Gasteiger partial charge in [0.1, 0.15) is 0 Å². The lowest BCUT2D eigenvalue weighted by molar-refractivity contribution is 0.0945. The minimum atomic E-state index is -0.000885. The summed E-state index contributed by atoms with van der Waals surface area (Å²) in [6.45, 7) is 2.77. The van der Waals surface area contributed by atoms with Crippen molar-refractivity contribution in [2.24, 2.45) is 7.05 Å². The Hall–Kier alpha value is -2.37. The van der Waals surface area contributed by atoms with E-state index in [1.165, 1.54) is 0 Å². The predicted molar refractivity (Wildman–Crippen MR) is 81.4 cm³/mol. The number of hydrogen-bond donors (Lipinski definition) is 2. The number of amides is 1. The molecule has 0 fully saturated rings. The van der Waals surface area contributed by atoms with Gasteiger partial charge in [-0.3, -0.25) is 4.79 Å². The average molecular weight is 285 g/mol. The first-order chi connectivity index (χ1) is 10.2. The van der Waals surface area contributed by atoms with Crippen LogP contribution in [-0.4, -0.2) is 34.0 Å². The van der Waals surface area contributed by atoms with Gasteiger partial charge in [-0.1, -0.05) is 6.92 Å².